The lowest BCUT2D eigenvalue weighted by molar-refractivity contribution is -0.113. The Morgan fingerprint density at radius 3 is 2.55 bits per heavy atom. The highest BCUT2D eigenvalue weighted by Crippen LogP contribution is 2.33. The van der Waals surface area contributed by atoms with Crippen LogP contribution in [-0.2, 0) is 11.4 Å². The average Bonchev–Trinajstić information content (AvgIpc) is 3.65. The van der Waals surface area contributed by atoms with Crippen LogP contribution in [-0.4, -0.2) is 10.5 Å². The fourth-order valence-corrected chi connectivity index (χ4v) is 6.62. The molecule has 7 nitrogen and oxygen atoms in total. The molecule has 3 heterocycles. The van der Waals surface area contributed by atoms with Gasteiger partial charge in [0.2, 0.25) is 0 Å². The molecule has 0 saturated carbocycles. The van der Waals surface area contributed by atoms with Gasteiger partial charge >= 0.3 is 0 Å². The van der Waals surface area contributed by atoms with Gasteiger partial charge in [0.15, 0.2) is 4.80 Å². The van der Waals surface area contributed by atoms with E-state index in [1.807, 2.05) is 97.2 Å². The second-order valence-corrected chi connectivity index (χ2v) is 11.5. The Morgan fingerprint density at radius 1 is 1.05 bits per heavy atom. The molecule has 2 aromatic heterocycles. The lowest BCUT2D eigenvalue weighted by Gasteiger charge is -2.24. The van der Waals surface area contributed by atoms with Crippen molar-refractivity contribution in [3.63, 3.8) is 0 Å². The van der Waals surface area contributed by atoms with Crippen LogP contribution in [0.2, 0.25) is 0 Å². The molecule has 42 heavy (non-hydrogen) atoms. The van der Waals surface area contributed by atoms with E-state index in [2.05, 4.69) is 11.4 Å². The fraction of sp³-hybridized carbons (Fsp3) is 0.0909. The number of hydrogen-bond donors (Lipinski definition) is 1. The van der Waals surface area contributed by atoms with E-state index in [0.717, 1.165) is 16.0 Å². The second-order valence-electron chi connectivity index (χ2n) is 9.55. The van der Waals surface area contributed by atoms with Gasteiger partial charge in [-0.3, -0.25) is 14.2 Å². The molecule has 5 aromatic rings. The number of hydrogen-bond acceptors (Lipinski definition) is 7. The zero-order valence-corrected chi connectivity index (χ0v) is 24.1. The molecule has 6 rings (SSSR count). The number of carbonyl (C=O) groups excluding carboxylic acids is 1. The molecule has 0 unspecified atom stereocenters. The number of amides is 1. The van der Waals surface area contributed by atoms with Crippen LogP contribution in [0.5, 0.6) is 5.75 Å². The number of aromatic nitrogens is 1. The van der Waals surface area contributed by atoms with E-state index in [-0.39, 0.29) is 11.5 Å². The number of fused-ring (bicyclic) bond motifs is 1. The molecule has 9 heteroatoms. The number of allylic oxidation sites excluding steroid dienone is 1. The molecule has 0 fully saturated rings. The van der Waals surface area contributed by atoms with E-state index in [9.17, 15) is 9.59 Å². The van der Waals surface area contributed by atoms with Gasteiger partial charge in [-0.2, -0.15) is 5.26 Å². The second kappa shape index (κ2) is 11.8. The minimum Gasteiger partial charge on any atom is -0.488 e. The molecule has 1 aliphatic heterocycles. The predicted molar refractivity (Wildman–Crippen MR) is 165 cm³/mol. The summed E-state index contributed by atoms with van der Waals surface area (Å²) in [6.45, 7) is 2.12. The third-order valence-electron chi connectivity index (χ3n) is 6.79. The highest BCUT2D eigenvalue weighted by atomic mass is 32.1. The van der Waals surface area contributed by atoms with Crippen molar-refractivity contribution in [2.75, 3.05) is 5.32 Å². The van der Waals surface area contributed by atoms with Gasteiger partial charge in [0.1, 0.15) is 18.4 Å². The summed E-state index contributed by atoms with van der Waals surface area (Å²) in [7, 11) is 0. The lowest BCUT2D eigenvalue weighted by atomic mass is 10.0. The normalized spacial score (nSPS) is 14.6. The molecular weight excluding hydrogens is 565 g/mol. The quantitative estimate of drug-likeness (QED) is 0.276. The Morgan fingerprint density at radius 2 is 1.81 bits per heavy atom. The Hall–Kier alpha value is -5.04. The maximum absolute atomic E-state index is 14.0. The Bertz CT molecular complexity index is 2020. The molecule has 1 N–H and O–H groups in total. The summed E-state index contributed by atoms with van der Waals surface area (Å²) in [6.07, 6.45) is 1.81. The minimum atomic E-state index is -0.602. The van der Waals surface area contributed by atoms with Crippen LogP contribution >= 0.6 is 22.7 Å². The van der Waals surface area contributed by atoms with Gasteiger partial charge in [0.25, 0.3) is 11.5 Å². The Labute approximate surface area is 249 Å². The molecule has 1 aliphatic rings. The van der Waals surface area contributed by atoms with E-state index in [1.165, 1.54) is 22.7 Å². The van der Waals surface area contributed by atoms with Gasteiger partial charge in [0.05, 0.1) is 27.4 Å². The first-order valence-electron chi connectivity index (χ1n) is 13.1. The third kappa shape index (κ3) is 5.46. The van der Waals surface area contributed by atoms with Crippen molar-refractivity contribution in [2.45, 2.75) is 19.6 Å². The van der Waals surface area contributed by atoms with Crippen LogP contribution in [0.15, 0.2) is 117 Å². The zero-order valence-electron chi connectivity index (χ0n) is 22.5. The number of nitriles is 1. The summed E-state index contributed by atoms with van der Waals surface area (Å²) in [5, 5.41) is 13.9. The van der Waals surface area contributed by atoms with Gasteiger partial charge in [-0.25, -0.2) is 4.99 Å². The van der Waals surface area contributed by atoms with Gasteiger partial charge < -0.3 is 10.1 Å². The van der Waals surface area contributed by atoms with Crippen LogP contribution in [0, 0.1) is 11.3 Å². The lowest BCUT2D eigenvalue weighted by Crippen LogP contribution is -2.40. The van der Waals surface area contributed by atoms with Crippen molar-refractivity contribution in [3.05, 3.63) is 149 Å². The van der Waals surface area contributed by atoms with Gasteiger partial charge in [0, 0.05) is 16.1 Å². The maximum atomic E-state index is 14.0. The SMILES string of the molecule is CC1=C(C(=O)Nc2ccccc2)[C@@H](c2cccs2)n2c(s/c(=C\c3ccccc3OCc3ccc(C#N)cc3)c2=O)=N1. The Balaban J connectivity index is 1.37. The van der Waals surface area contributed by atoms with Gasteiger partial charge in [-0.15, -0.1) is 11.3 Å². The van der Waals surface area contributed by atoms with E-state index >= 15 is 0 Å². The standard InChI is InChI=1S/C33H24N4O3S2/c1-21-29(31(38)36-25-9-3-2-4-10-25)30(27-12-7-17-41-27)37-32(39)28(42-33(37)35-21)18-24-8-5-6-11-26(24)40-20-23-15-13-22(19-34)14-16-23/h2-18,30H,20H2,1H3,(H,36,38)/b28-18-/t30-/m1/s1. The molecule has 0 bridgehead atoms. The number of anilines is 1. The monoisotopic (exact) mass is 588 g/mol. The summed E-state index contributed by atoms with van der Waals surface area (Å²) in [6, 6.07) is 29.4. The van der Waals surface area contributed by atoms with Gasteiger partial charge in [-0.1, -0.05) is 65.9 Å². The third-order valence-corrected chi connectivity index (χ3v) is 8.70. The molecule has 1 atom stereocenters. The van der Waals surface area contributed by atoms with Crippen LogP contribution in [0.1, 0.15) is 34.5 Å². The number of benzene rings is 3. The number of para-hydroxylation sites is 2. The number of thiophene rings is 1. The number of rotatable bonds is 7. The van der Waals surface area contributed by atoms with E-state index in [0.29, 0.717) is 44.2 Å². The molecule has 206 valence electrons. The van der Waals surface area contributed by atoms with Crippen LogP contribution in [0.25, 0.3) is 6.08 Å². The number of thiazole rings is 1. The van der Waals surface area contributed by atoms with Crippen LogP contribution < -0.4 is 24.9 Å². The molecular formula is C33H24N4O3S2. The highest BCUT2D eigenvalue weighted by molar-refractivity contribution is 7.10. The maximum Gasteiger partial charge on any atom is 0.271 e. The molecule has 0 aliphatic carbocycles. The molecule has 0 saturated heterocycles. The van der Waals surface area contributed by atoms with Crippen molar-refractivity contribution in [1.82, 2.24) is 4.57 Å². The van der Waals surface area contributed by atoms with Crippen molar-refractivity contribution in [1.29, 1.82) is 5.26 Å². The van der Waals surface area contributed by atoms with E-state index in [1.54, 1.807) is 16.7 Å². The number of ether oxygens (including phenoxy) is 1. The van der Waals surface area contributed by atoms with Crippen LogP contribution in [0.4, 0.5) is 5.69 Å². The average molecular weight is 589 g/mol. The fourth-order valence-electron chi connectivity index (χ4n) is 4.76. The van der Waals surface area contributed by atoms with Crippen molar-refractivity contribution < 1.29 is 9.53 Å². The largest absolute Gasteiger partial charge is 0.488 e. The summed E-state index contributed by atoms with van der Waals surface area (Å²) < 4.78 is 8.22. The predicted octanol–water partition coefficient (Wildman–Crippen LogP) is 5.39. The van der Waals surface area contributed by atoms with Gasteiger partial charge in [-0.05, 0) is 60.3 Å². The zero-order chi connectivity index (χ0) is 29.1. The van der Waals surface area contributed by atoms with Crippen molar-refractivity contribution in [3.8, 4) is 11.8 Å². The van der Waals surface area contributed by atoms with Crippen molar-refractivity contribution >= 4 is 40.3 Å². The topological polar surface area (TPSA) is 96.5 Å². The Kier molecular flexibility index (Phi) is 7.64. The summed E-state index contributed by atoms with van der Waals surface area (Å²) in [5.41, 5.74) is 3.72. The highest BCUT2D eigenvalue weighted by Gasteiger charge is 2.33. The molecule has 3 aromatic carbocycles. The first kappa shape index (κ1) is 27.1. The van der Waals surface area contributed by atoms with Crippen molar-refractivity contribution in [2.24, 2.45) is 4.99 Å². The number of nitrogens with zero attached hydrogens (tertiary/aromatic N) is 3. The molecule has 0 spiro atoms. The molecule has 0 radical (unpaired) electrons. The summed E-state index contributed by atoms with van der Waals surface area (Å²) >= 11 is 2.78. The number of nitrogens with one attached hydrogen (secondary N) is 1. The van der Waals surface area contributed by atoms with Crippen LogP contribution in [0.3, 0.4) is 0 Å². The first-order valence-corrected chi connectivity index (χ1v) is 14.8. The number of carbonyl (C=O) groups is 1. The van der Waals surface area contributed by atoms with E-state index < -0.39 is 6.04 Å². The first-order chi connectivity index (χ1) is 20.5. The minimum absolute atomic E-state index is 0.225. The van der Waals surface area contributed by atoms with E-state index in [4.69, 9.17) is 15.0 Å². The summed E-state index contributed by atoms with van der Waals surface area (Å²) in [5.74, 6) is 0.332. The molecule has 1 amide bonds. The summed E-state index contributed by atoms with van der Waals surface area (Å²) in [4.78, 5) is 33.7. The smallest absolute Gasteiger partial charge is 0.271 e.